The summed E-state index contributed by atoms with van der Waals surface area (Å²) in [5.41, 5.74) is 0.369. The third kappa shape index (κ3) is 4.36. The lowest BCUT2D eigenvalue weighted by Gasteiger charge is -2.10. The first-order valence-electron chi connectivity index (χ1n) is 8.00. The summed E-state index contributed by atoms with van der Waals surface area (Å²) in [4.78, 5) is 23.1. The number of carbonyl (C=O) groups excluding carboxylic acids is 2. The predicted molar refractivity (Wildman–Crippen MR) is 98.8 cm³/mol. The van der Waals surface area contributed by atoms with Gasteiger partial charge in [0.1, 0.15) is 11.6 Å². The highest BCUT2D eigenvalue weighted by Gasteiger charge is 2.10. The molecule has 0 atom stereocenters. The molecule has 26 heavy (non-hydrogen) atoms. The first kappa shape index (κ1) is 17.4. The number of fused-ring (bicyclic) bond motifs is 1. The third-order valence-corrected chi connectivity index (χ3v) is 3.65. The molecule has 0 saturated heterocycles. The van der Waals surface area contributed by atoms with Crippen molar-refractivity contribution in [2.75, 3.05) is 17.2 Å². The summed E-state index contributed by atoms with van der Waals surface area (Å²) in [7, 11) is 0. The van der Waals surface area contributed by atoms with Gasteiger partial charge in [0.15, 0.2) is 6.61 Å². The Labute approximate surface area is 149 Å². The molecule has 3 aromatic rings. The monoisotopic (exact) mass is 352 g/mol. The molecule has 0 unspecified atom stereocenters. The number of hydrogen-bond donors (Lipinski definition) is 2. The van der Waals surface area contributed by atoms with Gasteiger partial charge in [0.05, 0.1) is 5.69 Å². The van der Waals surface area contributed by atoms with Gasteiger partial charge >= 0.3 is 0 Å². The number of rotatable bonds is 5. The Morgan fingerprint density at radius 2 is 1.73 bits per heavy atom. The number of halogens is 1. The van der Waals surface area contributed by atoms with Crippen LogP contribution in [0.25, 0.3) is 10.8 Å². The number of hydrogen-bond acceptors (Lipinski definition) is 3. The molecule has 0 aliphatic rings. The van der Waals surface area contributed by atoms with Gasteiger partial charge in [0.25, 0.3) is 5.91 Å². The maximum atomic E-state index is 13.8. The molecule has 0 aliphatic carbocycles. The van der Waals surface area contributed by atoms with Gasteiger partial charge in [-0.25, -0.2) is 4.39 Å². The van der Waals surface area contributed by atoms with Crippen molar-refractivity contribution >= 4 is 34.0 Å². The van der Waals surface area contributed by atoms with Crippen LogP contribution in [0.1, 0.15) is 6.92 Å². The molecule has 0 aliphatic heterocycles. The second kappa shape index (κ2) is 7.65. The lowest BCUT2D eigenvalue weighted by atomic mass is 10.1. The van der Waals surface area contributed by atoms with Crippen molar-refractivity contribution < 1.29 is 18.7 Å². The van der Waals surface area contributed by atoms with Crippen molar-refractivity contribution in [3.63, 3.8) is 0 Å². The minimum absolute atomic E-state index is 0.0247. The van der Waals surface area contributed by atoms with Gasteiger partial charge in [-0.1, -0.05) is 30.3 Å². The van der Waals surface area contributed by atoms with Gasteiger partial charge < -0.3 is 15.4 Å². The maximum Gasteiger partial charge on any atom is 0.262 e. The molecule has 5 nitrogen and oxygen atoms in total. The van der Waals surface area contributed by atoms with Gasteiger partial charge in [0.2, 0.25) is 5.91 Å². The predicted octanol–water partition coefficient (Wildman–Crippen LogP) is 3.95. The lowest BCUT2D eigenvalue weighted by Crippen LogP contribution is -2.21. The Bertz CT molecular complexity index is 972. The minimum atomic E-state index is -0.599. The van der Waals surface area contributed by atoms with E-state index in [-0.39, 0.29) is 18.2 Å². The fourth-order valence-electron chi connectivity index (χ4n) is 2.49. The number of nitrogens with one attached hydrogen (secondary N) is 2. The smallest absolute Gasteiger partial charge is 0.262 e. The molecule has 3 rings (SSSR count). The van der Waals surface area contributed by atoms with Crippen LogP contribution < -0.4 is 15.4 Å². The molecule has 0 saturated carbocycles. The highest BCUT2D eigenvalue weighted by atomic mass is 19.1. The van der Waals surface area contributed by atoms with E-state index in [1.165, 1.54) is 25.1 Å². The molecule has 0 radical (unpaired) electrons. The quantitative estimate of drug-likeness (QED) is 0.730. The Morgan fingerprint density at radius 1 is 0.962 bits per heavy atom. The fraction of sp³-hybridized carbons (Fsp3) is 0.100. The Morgan fingerprint density at radius 3 is 2.50 bits per heavy atom. The van der Waals surface area contributed by atoms with Crippen LogP contribution in [0, 0.1) is 5.82 Å². The van der Waals surface area contributed by atoms with E-state index in [2.05, 4.69) is 10.6 Å². The molecule has 2 amide bonds. The third-order valence-electron chi connectivity index (χ3n) is 3.65. The summed E-state index contributed by atoms with van der Waals surface area (Å²) in [5, 5.41) is 7.04. The summed E-state index contributed by atoms with van der Waals surface area (Å²) in [6.45, 7) is 1.08. The standard InChI is InChI=1S/C20H17FN2O3/c1-13(24)22-16-7-9-18(21)19(11-16)23-20(25)12-26-17-8-6-14-4-2-3-5-15(14)10-17/h2-11H,12H2,1H3,(H,22,24)(H,23,25). The normalized spacial score (nSPS) is 10.4. The summed E-state index contributed by atoms with van der Waals surface area (Å²) in [6, 6.07) is 17.2. The first-order valence-corrected chi connectivity index (χ1v) is 8.00. The highest BCUT2D eigenvalue weighted by Crippen LogP contribution is 2.21. The van der Waals surface area contributed by atoms with E-state index in [1.807, 2.05) is 36.4 Å². The van der Waals surface area contributed by atoms with Crippen molar-refractivity contribution in [1.29, 1.82) is 0 Å². The molecule has 3 aromatic carbocycles. The second-order valence-corrected chi connectivity index (χ2v) is 5.72. The molecule has 6 heteroatoms. The van der Waals surface area contributed by atoms with E-state index in [9.17, 15) is 14.0 Å². The summed E-state index contributed by atoms with van der Waals surface area (Å²) < 4.78 is 19.3. The van der Waals surface area contributed by atoms with E-state index in [4.69, 9.17) is 4.74 Å². The lowest BCUT2D eigenvalue weighted by molar-refractivity contribution is -0.118. The van der Waals surface area contributed by atoms with Crippen molar-refractivity contribution in [1.82, 2.24) is 0 Å². The fourth-order valence-corrected chi connectivity index (χ4v) is 2.49. The zero-order valence-electron chi connectivity index (χ0n) is 14.1. The number of carbonyl (C=O) groups is 2. The molecule has 0 aromatic heterocycles. The summed E-state index contributed by atoms with van der Waals surface area (Å²) in [5.74, 6) is -0.838. The van der Waals surface area contributed by atoms with Crippen molar-refractivity contribution in [2.24, 2.45) is 0 Å². The molecular weight excluding hydrogens is 335 g/mol. The van der Waals surface area contributed by atoms with Crippen molar-refractivity contribution in [2.45, 2.75) is 6.92 Å². The van der Waals surface area contributed by atoms with E-state index in [1.54, 1.807) is 6.07 Å². The highest BCUT2D eigenvalue weighted by molar-refractivity contribution is 5.94. The van der Waals surface area contributed by atoms with Crippen LogP contribution in [0.5, 0.6) is 5.75 Å². The Balaban J connectivity index is 1.64. The van der Waals surface area contributed by atoms with Crippen LogP contribution in [-0.4, -0.2) is 18.4 Å². The zero-order chi connectivity index (χ0) is 18.5. The minimum Gasteiger partial charge on any atom is -0.484 e. The van der Waals surface area contributed by atoms with Crippen LogP contribution in [0.3, 0.4) is 0 Å². The Hall–Kier alpha value is -3.41. The van der Waals surface area contributed by atoms with E-state index < -0.39 is 11.7 Å². The molecule has 0 fully saturated rings. The topological polar surface area (TPSA) is 67.4 Å². The van der Waals surface area contributed by atoms with Gasteiger partial charge in [-0.15, -0.1) is 0 Å². The summed E-state index contributed by atoms with van der Waals surface area (Å²) in [6.07, 6.45) is 0. The van der Waals surface area contributed by atoms with E-state index in [0.29, 0.717) is 11.4 Å². The van der Waals surface area contributed by atoms with Crippen LogP contribution in [0.4, 0.5) is 15.8 Å². The Kier molecular flexibility index (Phi) is 5.12. The molecule has 0 heterocycles. The summed E-state index contributed by atoms with van der Waals surface area (Å²) >= 11 is 0. The van der Waals surface area contributed by atoms with Crippen LogP contribution in [-0.2, 0) is 9.59 Å². The number of benzene rings is 3. The average Bonchev–Trinajstić information content (AvgIpc) is 2.62. The molecular formula is C20H17FN2O3. The van der Waals surface area contributed by atoms with Crippen LogP contribution in [0.2, 0.25) is 0 Å². The largest absolute Gasteiger partial charge is 0.484 e. The van der Waals surface area contributed by atoms with Gasteiger partial charge in [0, 0.05) is 12.6 Å². The number of ether oxygens (including phenoxy) is 1. The first-order chi connectivity index (χ1) is 12.5. The maximum absolute atomic E-state index is 13.8. The van der Waals surface area contributed by atoms with Crippen LogP contribution >= 0.6 is 0 Å². The zero-order valence-corrected chi connectivity index (χ0v) is 14.1. The molecule has 2 N–H and O–H groups in total. The second-order valence-electron chi connectivity index (χ2n) is 5.72. The molecule has 132 valence electrons. The molecule has 0 spiro atoms. The van der Waals surface area contributed by atoms with Crippen LogP contribution in [0.15, 0.2) is 60.7 Å². The van der Waals surface area contributed by atoms with E-state index in [0.717, 1.165) is 10.8 Å². The van der Waals surface area contributed by atoms with Crippen molar-refractivity contribution in [3.05, 3.63) is 66.5 Å². The average molecular weight is 352 g/mol. The molecule has 0 bridgehead atoms. The number of anilines is 2. The SMILES string of the molecule is CC(=O)Nc1ccc(F)c(NC(=O)COc2ccc3ccccc3c2)c1. The number of amides is 2. The van der Waals surface area contributed by atoms with Gasteiger partial charge in [-0.2, -0.15) is 0 Å². The van der Waals surface area contributed by atoms with Gasteiger partial charge in [-0.05, 0) is 41.1 Å². The van der Waals surface area contributed by atoms with Crippen molar-refractivity contribution in [3.8, 4) is 5.75 Å². The van der Waals surface area contributed by atoms with Gasteiger partial charge in [-0.3, -0.25) is 9.59 Å². The van der Waals surface area contributed by atoms with E-state index >= 15 is 0 Å².